The molecule has 1 aromatic heterocycles. The molecule has 0 saturated heterocycles. The molecule has 0 unspecified atom stereocenters. The zero-order valence-corrected chi connectivity index (χ0v) is 19.9. The molecule has 0 saturated carbocycles. The zero-order valence-electron chi connectivity index (χ0n) is 19.9. The number of carboxylic acids is 1. The monoisotopic (exact) mass is 469 g/mol. The Bertz CT molecular complexity index is 1310. The Morgan fingerprint density at radius 3 is 2.11 bits per heavy atom. The van der Waals surface area contributed by atoms with E-state index < -0.39 is 5.97 Å². The first-order chi connectivity index (χ1) is 16.9. The maximum Gasteiger partial charge on any atom is 0.341 e. The van der Waals surface area contributed by atoms with E-state index in [1.54, 1.807) is 19.2 Å². The van der Waals surface area contributed by atoms with Gasteiger partial charge in [-0.3, -0.25) is 4.98 Å². The molecule has 4 rings (SSSR count). The Morgan fingerprint density at radius 1 is 0.800 bits per heavy atom. The number of carbonyl (C=O) groups is 1. The normalized spacial score (nSPS) is 10.6. The minimum absolute atomic E-state index is 0.366. The summed E-state index contributed by atoms with van der Waals surface area (Å²) in [4.78, 5) is 15.2. The Morgan fingerprint density at radius 2 is 1.49 bits per heavy atom. The van der Waals surface area contributed by atoms with Crippen LogP contribution >= 0.6 is 0 Å². The minimum atomic E-state index is -1.01. The van der Waals surface area contributed by atoms with Crippen LogP contribution in [-0.2, 0) is 11.4 Å². The number of aliphatic carboxylic acids is 1. The smallest absolute Gasteiger partial charge is 0.341 e. The van der Waals surface area contributed by atoms with Crippen molar-refractivity contribution < 1.29 is 24.1 Å². The lowest BCUT2D eigenvalue weighted by atomic mass is 9.97. The summed E-state index contributed by atoms with van der Waals surface area (Å²) in [6.45, 7) is 3.81. The standard InChI is InChI=1S/C29H27NO5/c1-19-12-27(10-11-28(19)35-18-29(31)32)34-17-21-13-24(22-6-8-26(33-3)9-7-22)15-25(14-21)23-5-4-20(2)30-16-23/h4-16H,17-18H2,1-3H3,(H,31,32). The molecule has 6 nitrogen and oxygen atoms in total. The number of pyridine rings is 1. The average Bonchev–Trinajstić information content (AvgIpc) is 2.87. The van der Waals surface area contributed by atoms with Crippen molar-refractivity contribution in [3.8, 4) is 39.5 Å². The first kappa shape index (κ1) is 23.8. The molecule has 178 valence electrons. The molecule has 0 atom stereocenters. The average molecular weight is 470 g/mol. The Labute approximate surface area is 204 Å². The summed E-state index contributed by atoms with van der Waals surface area (Å²) in [6, 6.07) is 23.8. The van der Waals surface area contributed by atoms with Gasteiger partial charge in [0.15, 0.2) is 6.61 Å². The first-order valence-electron chi connectivity index (χ1n) is 11.2. The van der Waals surface area contributed by atoms with E-state index in [2.05, 4.69) is 29.2 Å². The van der Waals surface area contributed by atoms with E-state index in [9.17, 15) is 4.79 Å². The second-order valence-electron chi connectivity index (χ2n) is 8.23. The van der Waals surface area contributed by atoms with Crippen molar-refractivity contribution in [2.45, 2.75) is 20.5 Å². The van der Waals surface area contributed by atoms with E-state index in [4.69, 9.17) is 19.3 Å². The van der Waals surface area contributed by atoms with Crippen LogP contribution in [0.3, 0.4) is 0 Å². The fourth-order valence-electron chi connectivity index (χ4n) is 3.71. The summed E-state index contributed by atoms with van der Waals surface area (Å²) in [5, 5.41) is 8.82. The summed E-state index contributed by atoms with van der Waals surface area (Å²) in [6.07, 6.45) is 1.88. The maximum atomic E-state index is 10.8. The van der Waals surface area contributed by atoms with Crippen molar-refractivity contribution in [3.63, 3.8) is 0 Å². The van der Waals surface area contributed by atoms with Gasteiger partial charge in [0.1, 0.15) is 23.9 Å². The molecule has 35 heavy (non-hydrogen) atoms. The number of carboxylic acid groups (broad SMARTS) is 1. The number of aromatic nitrogens is 1. The number of methoxy groups -OCH3 is 1. The lowest BCUT2D eigenvalue weighted by Crippen LogP contribution is -2.10. The van der Waals surface area contributed by atoms with Gasteiger partial charge < -0.3 is 19.3 Å². The van der Waals surface area contributed by atoms with Crippen molar-refractivity contribution in [2.24, 2.45) is 0 Å². The molecule has 1 N–H and O–H groups in total. The first-order valence-corrected chi connectivity index (χ1v) is 11.2. The molecule has 0 bridgehead atoms. The van der Waals surface area contributed by atoms with Gasteiger partial charge in [0, 0.05) is 17.5 Å². The molecule has 4 aromatic rings. The molecule has 0 fully saturated rings. The second kappa shape index (κ2) is 10.7. The van der Waals surface area contributed by atoms with Crippen LogP contribution in [0.25, 0.3) is 22.3 Å². The molecule has 0 radical (unpaired) electrons. The van der Waals surface area contributed by atoms with Crippen LogP contribution in [0, 0.1) is 13.8 Å². The fourth-order valence-corrected chi connectivity index (χ4v) is 3.71. The Kier molecular flexibility index (Phi) is 7.31. The third-order valence-electron chi connectivity index (χ3n) is 5.56. The molecule has 0 amide bonds. The Hall–Kier alpha value is -4.32. The van der Waals surface area contributed by atoms with Gasteiger partial charge in [0.25, 0.3) is 0 Å². The van der Waals surface area contributed by atoms with E-state index in [0.717, 1.165) is 44.8 Å². The summed E-state index contributed by atoms with van der Waals surface area (Å²) < 4.78 is 16.7. The van der Waals surface area contributed by atoms with E-state index in [1.165, 1.54) is 0 Å². The lowest BCUT2D eigenvalue weighted by Gasteiger charge is -2.13. The third kappa shape index (κ3) is 6.18. The van der Waals surface area contributed by atoms with E-state index in [1.807, 2.05) is 56.4 Å². The van der Waals surface area contributed by atoms with Gasteiger partial charge in [-0.2, -0.15) is 0 Å². The number of benzene rings is 3. The van der Waals surface area contributed by atoms with Crippen LogP contribution < -0.4 is 14.2 Å². The van der Waals surface area contributed by atoms with E-state index >= 15 is 0 Å². The van der Waals surface area contributed by atoms with Crippen molar-refractivity contribution in [3.05, 3.63) is 95.8 Å². The number of hydrogen-bond donors (Lipinski definition) is 1. The number of ether oxygens (including phenoxy) is 3. The van der Waals surface area contributed by atoms with Crippen molar-refractivity contribution >= 4 is 5.97 Å². The minimum Gasteiger partial charge on any atom is -0.497 e. The third-order valence-corrected chi connectivity index (χ3v) is 5.56. The number of rotatable bonds is 9. The van der Waals surface area contributed by atoms with Crippen LogP contribution in [0.1, 0.15) is 16.8 Å². The fraction of sp³-hybridized carbons (Fsp3) is 0.172. The quantitative estimate of drug-likeness (QED) is 0.320. The van der Waals surface area contributed by atoms with Crippen LogP contribution in [0.4, 0.5) is 0 Å². The van der Waals surface area contributed by atoms with Gasteiger partial charge in [-0.25, -0.2) is 4.79 Å². The molecule has 0 spiro atoms. The summed E-state index contributed by atoms with van der Waals surface area (Å²) in [5.74, 6) is 0.998. The second-order valence-corrected chi connectivity index (χ2v) is 8.23. The summed E-state index contributed by atoms with van der Waals surface area (Å²) >= 11 is 0. The van der Waals surface area contributed by atoms with Crippen molar-refractivity contribution in [1.82, 2.24) is 4.98 Å². The SMILES string of the molecule is COc1ccc(-c2cc(COc3ccc(OCC(=O)O)c(C)c3)cc(-c3ccc(C)nc3)c2)cc1. The predicted molar refractivity (Wildman–Crippen MR) is 135 cm³/mol. The molecular weight excluding hydrogens is 442 g/mol. The van der Waals surface area contributed by atoms with Gasteiger partial charge in [-0.1, -0.05) is 18.2 Å². The van der Waals surface area contributed by atoms with Crippen LogP contribution in [0.2, 0.25) is 0 Å². The topological polar surface area (TPSA) is 77.9 Å². The van der Waals surface area contributed by atoms with Gasteiger partial charge in [-0.15, -0.1) is 0 Å². The van der Waals surface area contributed by atoms with Gasteiger partial charge in [0.05, 0.1) is 7.11 Å². The van der Waals surface area contributed by atoms with Crippen molar-refractivity contribution in [1.29, 1.82) is 0 Å². The highest BCUT2D eigenvalue weighted by atomic mass is 16.5. The van der Waals surface area contributed by atoms with Gasteiger partial charge >= 0.3 is 5.97 Å². The zero-order chi connectivity index (χ0) is 24.8. The number of aryl methyl sites for hydroxylation is 2. The summed E-state index contributed by atoms with van der Waals surface area (Å²) in [5.41, 5.74) is 7.01. The van der Waals surface area contributed by atoms with Gasteiger partial charge in [0.2, 0.25) is 0 Å². The number of hydrogen-bond acceptors (Lipinski definition) is 5. The molecule has 6 heteroatoms. The molecule has 0 aliphatic rings. The highest BCUT2D eigenvalue weighted by Crippen LogP contribution is 2.30. The highest BCUT2D eigenvalue weighted by Gasteiger charge is 2.09. The maximum absolute atomic E-state index is 10.8. The number of nitrogens with zero attached hydrogens (tertiary/aromatic N) is 1. The van der Waals surface area contributed by atoms with Crippen molar-refractivity contribution in [2.75, 3.05) is 13.7 Å². The summed E-state index contributed by atoms with van der Waals surface area (Å²) in [7, 11) is 1.65. The van der Waals surface area contributed by atoms with E-state index in [-0.39, 0.29) is 6.61 Å². The van der Waals surface area contributed by atoms with Gasteiger partial charge in [-0.05, 0) is 96.3 Å². The van der Waals surface area contributed by atoms with Crippen LogP contribution in [-0.4, -0.2) is 29.8 Å². The molecule has 0 aliphatic heterocycles. The predicted octanol–water partition coefficient (Wildman–Crippen LogP) is 6.08. The Balaban J connectivity index is 1.60. The van der Waals surface area contributed by atoms with Crippen LogP contribution in [0.15, 0.2) is 79.0 Å². The molecule has 0 aliphatic carbocycles. The highest BCUT2D eigenvalue weighted by molar-refractivity contribution is 5.74. The van der Waals surface area contributed by atoms with E-state index in [0.29, 0.717) is 18.1 Å². The lowest BCUT2D eigenvalue weighted by molar-refractivity contribution is -0.139. The molecular formula is C29H27NO5. The molecule has 1 heterocycles. The largest absolute Gasteiger partial charge is 0.497 e. The molecule has 3 aromatic carbocycles. The van der Waals surface area contributed by atoms with Crippen LogP contribution in [0.5, 0.6) is 17.2 Å².